The average Bonchev–Trinajstić information content (AvgIpc) is 2.58. The van der Waals surface area contributed by atoms with E-state index >= 15 is 0 Å². The average molecular weight is 401 g/mol. The Bertz CT molecular complexity index is 753. The molecule has 1 aromatic rings. The Kier molecular flexibility index (Phi) is 8.22. The molecule has 0 saturated heterocycles. The van der Waals surface area contributed by atoms with Gasteiger partial charge in [0, 0.05) is 11.9 Å². The number of thiol groups is 1. The summed E-state index contributed by atoms with van der Waals surface area (Å²) in [6.45, 7) is -0.444. The summed E-state index contributed by atoms with van der Waals surface area (Å²) in [5.41, 5.74) is 10.7. The highest BCUT2D eigenvalue weighted by molar-refractivity contribution is 7.80. The van der Waals surface area contributed by atoms with Crippen LogP contribution < -0.4 is 21.7 Å². The molecule has 0 fully saturated rings. The van der Waals surface area contributed by atoms with Gasteiger partial charge in [0.15, 0.2) is 0 Å². The number of aromatic amines is 1. The lowest BCUT2D eigenvalue weighted by Crippen LogP contribution is -2.57. The number of aliphatic carboxylic acids is 1. The summed E-state index contributed by atoms with van der Waals surface area (Å²) in [5, 5.41) is 11.3. The Hall–Kier alpha value is -2.44. The first kappa shape index (κ1) is 21.6. The molecule has 1 heterocycles. The molecular weight excluding hydrogens is 382 g/mol. The van der Waals surface area contributed by atoms with Crippen molar-refractivity contribution in [2.45, 2.75) is 18.5 Å². The highest BCUT2D eigenvalue weighted by atomic mass is 32.1. The largest absolute Gasteiger partial charge is 0.481 e. The van der Waals surface area contributed by atoms with Crippen molar-refractivity contribution >= 4 is 54.2 Å². The van der Waals surface area contributed by atoms with Crippen molar-refractivity contribution < 1.29 is 24.3 Å². The second kappa shape index (κ2) is 9.89. The van der Waals surface area contributed by atoms with Gasteiger partial charge >= 0.3 is 5.97 Å². The molecule has 1 rings (SSSR count). The van der Waals surface area contributed by atoms with Gasteiger partial charge in [-0.1, -0.05) is 12.2 Å². The van der Waals surface area contributed by atoms with Crippen LogP contribution in [-0.4, -0.2) is 58.2 Å². The maximum Gasteiger partial charge on any atom is 0.305 e. The fourth-order valence-corrected chi connectivity index (χ4v) is 2.71. The Balaban J connectivity index is 3.42. The van der Waals surface area contributed by atoms with Gasteiger partial charge in [-0.2, -0.15) is 12.6 Å². The molecule has 0 radical (unpaired) electrons. The Morgan fingerprint density at radius 2 is 2.04 bits per heavy atom. The van der Waals surface area contributed by atoms with Crippen molar-refractivity contribution in [3.05, 3.63) is 23.0 Å². The number of nitrogens with one attached hydrogen (secondary N) is 2. The maximum absolute atomic E-state index is 13.0. The van der Waals surface area contributed by atoms with Crippen molar-refractivity contribution in [3.8, 4) is 0 Å². The first-order valence-electron chi connectivity index (χ1n) is 7.35. The van der Waals surface area contributed by atoms with E-state index in [4.69, 9.17) is 28.8 Å². The number of nitrogens with zero attached hydrogens (tertiary/aromatic N) is 1. The fraction of sp³-hybridized carbons (Fsp3) is 0.357. The maximum atomic E-state index is 13.0. The number of nitrogens with two attached hydrogens (primary N) is 2. The summed E-state index contributed by atoms with van der Waals surface area (Å²) in [7, 11) is 0. The number of pyridine rings is 1. The van der Waals surface area contributed by atoms with Gasteiger partial charge in [-0.25, -0.2) is 0 Å². The van der Waals surface area contributed by atoms with Crippen LogP contribution in [0.5, 0.6) is 0 Å². The molecule has 26 heavy (non-hydrogen) atoms. The van der Waals surface area contributed by atoms with E-state index in [1.807, 2.05) is 0 Å². The molecule has 0 saturated carbocycles. The van der Waals surface area contributed by atoms with E-state index in [9.17, 15) is 19.2 Å². The third-order valence-electron chi connectivity index (χ3n) is 3.30. The van der Waals surface area contributed by atoms with E-state index < -0.39 is 48.7 Å². The van der Waals surface area contributed by atoms with E-state index in [0.717, 1.165) is 4.90 Å². The van der Waals surface area contributed by atoms with Crippen LogP contribution >= 0.6 is 24.8 Å². The third-order valence-corrected chi connectivity index (χ3v) is 3.98. The number of H-pyrrole nitrogens is 1. The van der Waals surface area contributed by atoms with Gasteiger partial charge in [0.05, 0.1) is 18.7 Å². The number of rotatable bonds is 9. The number of carboxylic acids is 1. The Labute approximate surface area is 159 Å². The molecule has 10 nitrogen and oxygen atoms in total. The molecule has 2 atom stereocenters. The quantitative estimate of drug-likeness (QED) is 0.222. The van der Waals surface area contributed by atoms with Gasteiger partial charge < -0.3 is 26.9 Å². The van der Waals surface area contributed by atoms with E-state index in [0.29, 0.717) is 0 Å². The standard InChI is InChI=1S/C14H19N5O5S2/c15-5-10(20)18-7(4-11(21)22)14(24)19(9(6-25)12(16)23)8-2-1-3-17-13(8)26/h1-3,7,9,25H,4-6,15H2,(H2,16,23)(H,17,26)(H,18,20)(H,21,22)/t7?,9-/m1/s1. The molecule has 0 aliphatic heterocycles. The van der Waals surface area contributed by atoms with Crippen LogP contribution in [0.25, 0.3) is 0 Å². The van der Waals surface area contributed by atoms with Crippen LogP contribution in [0.2, 0.25) is 0 Å². The van der Waals surface area contributed by atoms with Crippen LogP contribution in [0.15, 0.2) is 18.3 Å². The third kappa shape index (κ3) is 5.54. The van der Waals surface area contributed by atoms with Crippen molar-refractivity contribution in [3.63, 3.8) is 0 Å². The monoisotopic (exact) mass is 401 g/mol. The topological polar surface area (TPSA) is 172 Å². The molecule has 0 spiro atoms. The summed E-state index contributed by atoms with van der Waals surface area (Å²) in [4.78, 5) is 51.1. The number of carbonyl (C=O) groups is 4. The summed E-state index contributed by atoms with van der Waals surface area (Å²) in [6.07, 6.45) is 0.793. The minimum absolute atomic E-state index is 0.119. The first-order chi connectivity index (χ1) is 12.2. The summed E-state index contributed by atoms with van der Waals surface area (Å²) >= 11 is 9.17. The molecule has 12 heteroatoms. The van der Waals surface area contributed by atoms with E-state index in [1.165, 1.54) is 18.3 Å². The van der Waals surface area contributed by atoms with Gasteiger partial charge in [-0.05, 0) is 12.1 Å². The number of primary amides is 1. The van der Waals surface area contributed by atoms with Gasteiger partial charge in [0.2, 0.25) is 11.8 Å². The number of carboxylic acid groups (broad SMARTS) is 1. The fourth-order valence-electron chi connectivity index (χ4n) is 2.14. The molecule has 142 valence electrons. The molecule has 0 aliphatic carbocycles. The SMILES string of the molecule is NCC(=O)NC(CC(=O)O)C(=O)N(c1ccc[nH]c1=S)[C@H](CS)C(N)=O. The minimum Gasteiger partial charge on any atom is -0.481 e. The van der Waals surface area contributed by atoms with Crippen LogP contribution in [0.1, 0.15) is 6.42 Å². The number of aromatic nitrogens is 1. The summed E-state index contributed by atoms with van der Waals surface area (Å²) in [5.74, 6) is -3.96. The zero-order valence-corrected chi connectivity index (χ0v) is 15.3. The molecule has 0 aromatic carbocycles. The highest BCUT2D eigenvalue weighted by Gasteiger charge is 2.35. The second-order valence-electron chi connectivity index (χ2n) is 5.12. The minimum atomic E-state index is -1.47. The number of amides is 3. The molecular formula is C14H19N5O5S2. The summed E-state index contributed by atoms with van der Waals surface area (Å²) < 4.78 is 0.119. The smallest absolute Gasteiger partial charge is 0.305 e. The lowest BCUT2D eigenvalue weighted by molar-refractivity contribution is -0.140. The van der Waals surface area contributed by atoms with Crippen molar-refractivity contribution in [1.29, 1.82) is 0 Å². The second-order valence-corrected chi connectivity index (χ2v) is 5.89. The van der Waals surface area contributed by atoms with Gasteiger partial charge in [-0.3, -0.25) is 24.1 Å². The highest BCUT2D eigenvalue weighted by Crippen LogP contribution is 2.20. The zero-order valence-electron chi connectivity index (χ0n) is 13.5. The van der Waals surface area contributed by atoms with Crippen LogP contribution in [0.3, 0.4) is 0 Å². The molecule has 0 aliphatic rings. The number of hydrogen-bond donors (Lipinski definition) is 6. The van der Waals surface area contributed by atoms with Crippen molar-refractivity contribution in [2.24, 2.45) is 11.5 Å². The van der Waals surface area contributed by atoms with E-state index in [2.05, 4.69) is 22.9 Å². The van der Waals surface area contributed by atoms with Crippen molar-refractivity contribution in [2.75, 3.05) is 17.2 Å². The van der Waals surface area contributed by atoms with E-state index in [-0.39, 0.29) is 16.1 Å². The molecule has 1 aromatic heterocycles. The van der Waals surface area contributed by atoms with Gasteiger partial charge in [0.1, 0.15) is 16.7 Å². The summed E-state index contributed by atoms with van der Waals surface area (Å²) in [6, 6.07) is 0.306. The van der Waals surface area contributed by atoms with Crippen LogP contribution in [0.4, 0.5) is 5.69 Å². The van der Waals surface area contributed by atoms with Crippen LogP contribution in [-0.2, 0) is 19.2 Å². The first-order valence-corrected chi connectivity index (χ1v) is 8.39. The Morgan fingerprint density at radius 3 is 2.50 bits per heavy atom. The molecule has 1 unspecified atom stereocenters. The predicted octanol–water partition coefficient (Wildman–Crippen LogP) is -1.22. The van der Waals surface area contributed by atoms with E-state index in [1.54, 1.807) is 0 Å². The molecule has 3 amide bonds. The lowest BCUT2D eigenvalue weighted by Gasteiger charge is -2.31. The number of carbonyl (C=O) groups excluding carboxylic acids is 3. The van der Waals surface area contributed by atoms with Crippen molar-refractivity contribution in [1.82, 2.24) is 10.3 Å². The lowest BCUT2D eigenvalue weighted by atomic mass is 10.1. The van der Waals surface area contributed by atoms with Gasteiger partial charge in [0.25, 0.3) is 5.91 Å². The number of anilines is 1. The molecule has 0 bridgehead atoms. The Morgan fingerprint density at radius 1 is 1.38 bits per heavy atom. The van der Waals surface area contributed by atoms with Gasteiger partial charge in [-0.15, -0.1) is 0 Å². The predicted molar refractivity (Wildman–Crippen MR) is 99.2 cm³/mol. The van der Waals surface area contributed by atoms with Crippen LogP contribution in [0, 0.1) is 4.64 Å². The molecule has 7 N–H and O–H groups in total. The zero-order chi connectivity index (χ0) is 19.9. The number of hydrogen-bond acceptors (Lipinski definition) is 7. The normalized spacial score (nSPS) is 12.7.